The van der Waals surface area contributed by atoms with E-state index in [1.165, 1.54) is 30.8 Å². The van der Waals surface area contributed by atoms with Gasteiger partial charge in [0.05, 0.1) is 26.4 Å². The van der Waals surface area contributed by atoms with Crippen LogP contribution >= 0.6 is 0 Å². The molecule has 0 aliphatic carbocycles. The molecule has 3 fully saturated rings. The topological polar surface area (TPSA) is 24.9 Å². The van der Waals surface area contributed by atoms with Crippen LogP contribution in [-0.4, -0.2) is 69.0 Å². The molecule has 3 heterocycles. The molecular weight excluding hydrogens is 288 g/mol. The van der Waals surface area contributed by atoms with Crippen molar-refractivity contribution in [3.8, 4) is 0 Å². The lowest BCUT2D eigenvalue weighted by molar-refractivity contribution is 0.0102. The summed E-state index contributed by atoms with van der Waals surface area (Å²) in [5, 5.41) is 0. The molecule has 4 heteroatoms. The Morgan fingerprint density at radius 3 is 2.65 bits per heavy atom. The van der Waals surface area contributed by atoms with Crippen molar-refractivity contribution in [3.05, 3.63) is 35.4 Å². The van der Waals surface area contributed by atoms with E-state index in [4.69, 9.17) is 9.47 Å². The van der Waals surface area contributed by atoms with Gasteiger partial charge >= 0.3 is 0 Å². The van der Waals surface area contributed by atoms with E-state index in [9.17, 15) is 0 Å². The Bertz CT molecular complexity index is 527. The van der Waals surface area contributed by atoms with Gasteiger partial charge in [0.2, 0.25) is 0 Å². The van der Waals surface area contributed by atoms with Crippen molar-refractivity contribution in [2.45, 2.75) is 13.5 Å². The second kappa shape index (κ2) is 6.52. The first-order valence-electron chi connectivity index (χ1n) is 8.89. The monoisotopic (exact) mass is 316 g/mol. The number of hydrogen-bond acceptors (Lipinski definition) is 4. The second-order valence-corrected chi connectivity index (χ2v) is 7.62. The highest BCUT2D eigenvalue weighted by molar-refractivity contribution is 5.21. The first-order chi connectivity index (χ1) is 11.2. The fourth-order valence-electron chi connectivity index (χ4n) is 4.44. The second-order valence-electron chi connectivity index (χ2n) is 7.62. The molecule has 0 N–H and O–H groups in total. The minimum absolute atomic E-state index is 0.335. The van der Waals surface area contributed by atoms with E-state index in [2.05, 4.69) is 41.0 Å². The normalized spacial score (nSPS) is 32.3. The van der Waals surface area contributed by atoms with Crippen LogP contribution < -0.4 is 0 Å². The zero-order valence-corrected chi connectivity index (χ0v) is 14.2. The molecule has 0 bridgehead atoms. The van der Waals surface area contributed by atoms with Gasteiger partial charge < -0.3 is 9.47 Å². The number of nitrogens with zero attached hydrogens (tertiary/aromatic N) is 2. The average molecular weight is 316 g/mol. The van der Waals surface area contributed by atoms with Crippen LogP contribution in [0.15, 0.2) is 24.3 Å². The summed E-state index contributed by atoms with van der Waals surface area (Å²) in [4.78, 5) is 5.22. The summed E-state index contributed by atoms with van der Waals surface area (Å²) >= 11 is 0. The largest absolute Gasteiger partial charge is 0.380 e. The number of aryl methyl sites for hydroxylation is 1. The molecule has 2 atom stereocenters. The standard InChI is InChI=1S/C19H28N2O2/c1-16-2-4-17(5-3-16)10-21-11-18-12-23-15-19(18,14-21)13-20-6-8-22-9-7-20/h2-5,18H,6-15H2,1H3/t18-,19+/m1/s1. The van der Waals surface area contributed by atoms with Crippen LogP contribution in [0.2, 0.25) is 0 Å². The lowest BCUT2D eigenvalue weighted by Crippen LogP contribution is -2.47. The lowest BCUT2D eigenvalue weighted by Gasteiger charge is -2.36. The maximum Gasteiger partial charge on any atom is 0.0594 e. The molecule has 4 nitrogen and oxygen atoms in total. The van der Waals surface area contributed by atoms with E-state index < -0.39 is 0 Å². The number of fused-ring (bicyclic) bond motifs is 1. The molecule has 126 valence electrons. The van der Waals surface area contributed by atoms with Crippen LogP contribution in [-0.2, 0) is 16.0 Å². The Morgan fingerprint density at radius 2 is 1.87 bits per heavy atom. The molecule has 0 unspecified atom stereocenters. The predicted molar refractivity (Wildman–Crippen MR) is 90.5 cm³/mol. The zero-order chi connectivity index (χ0) is 15.7. The Hall–Kier alpha value is -0.940. The van der Waals surface area contributed by atoms with Gasteiger partial charge in [-0.3, -0.25) is 9.80 Å². The van der Waals surface area contributed by atoms with Crippen molar-refractivity contribution >= 4 is 0 Å². The fraction of sp³-hybridized carbons (Fsp3) is 0.684. The van der Waals surface area contributed by atoms with E-state index in [0.717, 1.165) is 46.1 Å². The Kier molecular flexibility index (Phi) is 4.41. The predicted octanol–water partition coefficient (Wildman–Crippen LogP) is 1.78. The van der Waals surface area contributed by atoms with Gasteiger partial charge in [-0.05, 0) is 12.5 Å². The van der Waals surface area contributed by atoms with Gasteiger partial charge in [-0.25, -0.2) is 0 Å². The van der Waals surface area contributed by atoms with Crippen LogP contribution in [0.4, 0.5) is 0 Å². The first-order valence-corrected chi connectivity index (χ1v) is 8.89. The number of ether oxygens (including phenoxy) is 2. The van der Waals surface area contributed by atoms with Gasteiger partial charge in [0.15, 0.2) is 0 Å². The number of morpholine rings is 1. The third-order valence-electron chi connectivity index (χ3n) is 5.76. The van der Waals surface area contributed by atoms with E-state index in [-0.39, 0.29) is 0 Å². The third kappa shape index (κ3) is 3.31. The number of benzene rings is 1. The molecule has 1 aromatic carbocycles. The van der Waals surface area contributed by atoms with Gasteiger partial charge in [0, 0.05) is 50.6 Å². The molecule has 3 saturated heterocycles. The molecule has 23 heavy (non-hydrogen) atoms. The summed E-state index contributed by atoms with van der Waals surface area (Å²) in [7, 11) is 0. The molecule has 0 spiro atoms. The van der Waals surface area contributed by atoms with E-state index in [1.807, 2.05) is 0 Å². The molecule has 0 saturated carbocycles. The molecule has 0 amide bonds. The minimum Gasteiger partial charge on any atom is -0.380 e. The van der Waals surface area contributed by atoms with Crippen molar-refractivity contribution in [1.82, 2.24) is 9.80 Å². The maximum atomic E-state index is 5.89. The van der Waals surface area contributed by atoms with E-state index >= 15 is 0 Å². The molecule has 4 rings (SSSR count). The van der Waals surface area contributed by atoms with Crippen molar-refractivity contribution in [2.24, 2.45) is 11.3 Å². The van der Waals surface area contributed by atoms with Crippen molar-refractivity contribution in [1.29, 1.82) is 0 Å². The summed E-state index contributed by atoms with van der Waals surface area (Å²) in [5.41, 5.74) is 3.10. The van der Waals surface area contributed by atoms with Crippen molar-refractivity contribution in [2.75, 3.05) is 59.2 Å². The molecule has 0 aromatic heterocycles. The zero-order valence-electron chi connectivity index (χ0n) is 14.2. The Balaban J connectivity index is 1.42. The quantitative estimate of drug-likeness (QED) is 0.845. The SMILES string of the molecule is Cc1ccc(CN2C[C@@H]3COC[C@]3(CN3CCOCC3)C2)cc1. The summed E-state index contributed by atoms with van der Waals surface area (Å²) < 4.78 is 11.4. The van der Waals surface area contributed by atoms with Gasteiger partial charge in [-0.15, -0.1) is 0 Å². The van der Waals surface area contributed by atoms with Gasteiger partial charge in [0.1, 0.15) is 0 Å². The van der Waals surface area contributed by atoms with E-state index in [1.54, 1.807) is 0 Å². The summed E-state index contributed by atoms with van der Waals surface area (Å²) in [6, 6.07) is 8.99. The molecule has 0 radical (unpaired) electrons. The maximum absolute atomic E-state index is 5.89. The van der Waals surface area contributed by atoms with Crippen LogP contribution in [0.1, 0.15) is 11.1 Å². The number of hydrogen-bond donors (Lipinski definition) is 0. The van der Waals surface area contributed by atoms with Gasteiger partial charge in [0.25, 0.3) is 0 Å². The highest BCUT2D eigenvalue weighted by Crippen LogP contribution is 2.42. The molecule has 3 aliphatic heterocycles. The first kappa shape index (κ1) is 15.6. The molecule has 1 aromatic rings. The Labute approximate surface area is 139 Å². The van der Waals surface area contributed by atoms with Crippen molar-refractivity contribution < 1.29 is 9.47 Å². The number of rotatable bonds is 4. The van der Waals surface area contributed by atoms with Crippen molar-refractivity contribution in [3.63, 3.8) is 0 Å². The highest BCUT2D eigenvalue weighted by Gasteiger charge is 2.51. The Morgan fingerprint density at radius 1 is 1.09 bits per heavy atom. The summed E-state index contributed by atoms with van der Waals surface area (Å²) in [5.74, 6) is 0.691. The molecular formula is C19H28N2O2. The van der Waals surface area contributed by atoms with Crippen LogP contribution in [0.25, 0.3) is 0 Å². The van der Waals surface area contributed by atoms with Crippen LogP contribution in [0.3, 0.4) is 0 Å². The average Bonchev–Trinajstić information content (AvgIpc) is 3.07. The molecule has 3 aliphatic rings. The van der Waals surface area contributed by atoms with Gasteiger partial charge in [-0.2, -0.15) is 0 Å². The van der Waals surface area contributed by atoms with Crippen LogP contribution in [0, 0.1) is 18.3 Å². The minimum atomic E-state index is 0.335. The smallest absolute Gasteiger partial charge is 0.0594 e. The van der Waals surface area contributed by atoms with Gasteiger partial charge in [-0.1, -0.05) is 29.8 Å². The fourth-order valence-corrected chi connectivity index (χ4v) is 4.44. The highest BCUT2D eigenvalue weighted by atomic mass is 16.5. The summed E-state index contributed by atoms with van der Waals surface area (Å²) in [6.07, 6.45) is 0. The third-order valence-corrected chi connectivity index (χ3v) is 5.76. The van der Waals surface area contributed by atoms with Crippen LogP contribution in [0.5, 0.6) is 0 Å². The number of likely N-dealkylation sites (tertiary alicyclic amines) is 1. The van der Waals surface area contributed by atoms with E-state index in [0.29, 0.717) is 11.3 Å². The lowest BCUT2D eigenvalue weighted by atomic mass is 9.80. The summed E-state index contributed by atoms with van der Waals surface area (Å²) in [6.45, 7) is 12.5.